The Hall–Kier alpha value is -1.20. The standard InChI is InChI=1S/C14H20N4O/c1-2-10(1)13-7-17-14(8-16-13)19-12-5-11-6-15-3-4-18(11)9-12/h7-8,10-12,15H,1-6,9H2/t11-,12-/m0/s1. The van der Waals surface area contributed by atoms with E-state index < -0.39 is 0 Å². The van der Waals surface area contributed by atoms with E-state index in [0.29, 0.717) is 17.8 Å². The third-order valence-electron chi connectivity index (χ3n) is 4.38. The Labute approximate surface area is 113 Å². The lowest BCUT2D eigenvalue weighted by atomic mass is 10.2. The molecule has 4 rings (SSSR count). The van der Waals surface area contributed by atoms with E-state index in [1.807, 2.05) is 6.20 Å². The predicted octanol–water partition coefficient (Wildman–Crippen LogP) is 0.779. The zero-order valence-corrected chi connectivity index (χ0v) is 11.1. The van der Waals surface area contributed by atoms with Crippen molar-refractivity contribution in [2.45, 2.75) is 37.3 Å². The molecule has 3 fully saturated rings. The molecule has 0 aromatic carbocycles. The first kappa shape index (κ1) is 11.6. The third-order valence-corrected chi connectivity index (χ3v) is 4.38. The second-order valence-corrected chi connectivity index (χ2v) is 5.88. The SMILES string of the molecule is c1nc(C2CC2)cnc1O[C@H]1C[C@H]2CNCCN2C1. The molecule has 3 aliphatic rings. The van der Waals surface area contributed by atoms with Gasteiger partial charge in [0.05, 0.1) is 18.1 Å². The highest BCUT2D eigenvalue weighted by Gasteiger charge is 2.35. The van der Waals surface area contributed by atoms with Crippen molar-refractivity contribution in [3.63, 3.8) is 0 Å². The number of rotatable bonds is 3. The molecule has 19 heavy (non-hydrogen) atoms. The van der Waals surface area contributed by atoms with Gasteiger partial charge in [-0.2, -0.15) is 0 Å². The minimum absolute atomic E-state index is 0.269. The molecular formula is C14H20N4O. The molecular weight excluding hydrogens is 240 g/mol. The highest BCUT2D eigenvalue weighted by molar-refractivity contribution is 5.15. The number of hydrogen-bond acceptors (Lipinski definition) is 5. The molecule has 1 aromatic rings. The molecule has 2 aliphatic heterocycles. The largest absolute Gasteiger partial charge is 0.472 e. The zero-order valence-electron chi connectivity index (χ0n) is 11.1. The van der Waals surface area contributed by atoms with Crippen LogP contribution in [0.2, 0.25) is 0 Å². The van der Waals surface area contributed by atoms with Crippen molar-refractivity contribution in [1.29, 1.82) is 0 Å². The minimum Gasteiger partial charge on any atom is -0.472 e. The number of nitrogens with one attached hydrogen (secondary N) is 1. The first-order chi connectivity index (χ1) is 9.38. The lowest BCUT2D eigenvalue weighted by molar-refractivity contribution is 0.182. The molecule has 0 bridgehead atoms. The first-order valence-electron chi connectivity index (χ1n) is 7.32. The van der Waals surface area contributed by atoms with Crippen LogP contribution in [-0.4, -0.2) is 53.2 Å². The maximum absolute atomic E-state index is 5.98. The molecule has 3 heterocycles. The van der Waals surface area contributed by atoms with Gasteiger partial charge in [0.1, 0.15) is 6.10 Å². The van der Waals surface area contributed by atoms with Crippen LogP contribution in [0.25, 0.3) is 0 Å². The molecule has 2 atom stereocenters. The van der Waals surface area contributed by atoms with Crippen LogP contribution < -0.4 is 10.1 Å². The molecule has 102 valence electrons. The molecule has 0 unspecified atom stereocenters. The predicted molar refractivity (Wildman–Crippen MR) is 71.3 cm³/mol. The summed E-state index contributed by atoms with van der Waals surface area (Å²) in [4.78, 5) is 11.4. The Morgan fingerprint density at radius 2 is 2.21 bits per heavy atom. The first-order valence-corrected chi connectivity index (χ1v) is 7.32. The molecule has 1 saturated carbocycles. The number of piperazine rings is 1. The van der Waals surface area contributed by atoms with E-state index in [2.05, 4.69) is 20.2 Å². The van der Waals surface area contributed by atoms with E-state index in [0.717, 1.165) is 38.3 Å². The normalized spacial score (nSPS) is 31.2. The van der Waals surface area contributed by atoms with Crippen LogP contribution in [0.5, 0.6) is 5.88 Å². The fraction of sp³-hybridized carbons (Fsp3) is 0.714. The summed E-state index contributed by atoms with van der Waals surface area (Å²) in [6, 6.07) is 0.637. The van der Waals surface area contributed by atoms with E-state index in [1.165, 1.54) is 12.8 Å². The van der Waals surface area contributed by atoms with Gasteiger partial charge in [-0.25, -0.2) is 4.98 Å². The third kappa shape index (κ3) is 2.44. The van der Waals surface area contributed by atoms with Gasteiger partial charge in [-0.1, -0.05) is 0 Å². The second-order valence-electron chi connectivity index (χ2n) is 5.88. The van der Waals surface area contributed by atoms with Crippen LogP contribution in [0, 0.1) is 0 Å². The molecule has 0 amide bonds. The quantitative estimate of drug-likeness (QED) is 0.870. The molecule has 0 radical (unpaired) electrons. The lowest BCUT2D eigenvalue weighted by Crippen LogP contribution is -2.47. The molecule has 1 N–H and O–H groups in total. The van der Waals surface area contributed by atoms with Crippen molar-refractivity contribution in [3.05, 3.63) is 18.1 Å². The van der Waals surface area contributed by atoms with Gasteiger partial charge in [-0.05, 0) is 12.8 Å². The Morgan fingerprint density at radius 1 is 1.26 bits per heavy atom. The van der Waals surface area contributed by atoms with Crippen LogP contribution in [-0.2, 0) is 0 Å². The summed E-state index contributed by atoms with van der Waals surface area (Å²) in [5.41, 5.74) is 1.13. The van der Waals surface area contributed by atoms with Gasteiger partial charge < -0.3 is 10.1 Å². The molecule has 5 heteroatoms. The van der Waals surface area contributed by atoms with Crippen molar-refractivity contribution in [2.75, 3.05) is 26.2 Å². The van der Waals surface area contributed by atoms with E-state index >= 15 is 0 Å². The maximum atomic E-state index is 5.98. The fourth-order valence-corrected chi connectivity index (χ4v) is 3.15. The summed E-state index contributed by atoms with van der Waals surface area (Å²) in [6.07, 6.45) is 7.58. The van der Waals surface area contributed by atoms with Crippen molar-refractivity contribution in [3.8, 4) is 5.88 Å². The van der Waals surface area contributed by atoms with Crippen LogP contribution in [0.3, 0.4) is 0 Å². The molecule has 1 aliphatic carbocycles. The van der Waals surface area contributed by atoms with Gasteiger partial charge in [-0.3, -0.25) is 9.88 Å². The van der Waals surface area contributed by atoms with Gasteiger partial charge in [0.25, 0.3) is 0 Å². The average Bonchev–Trinajstić information content (AvgIpc) is 3.20. The second kappa shape index (κ2) is 4.72. The molecule has 0 spiro atoms. The van der Waals surface area contributed by atoms with Crippen molar-refractivity contribution >= 4 is 0 Å². The summed E-state index contributed by atoms with van der Waals surface area (Å²) in [5, 5.41) is 3.44. The molecule has 2 saturated heterocycles. The van der Waals surface area contributed by atoms with E-state index in [1.54, 1.807) is 6.20 Å². The summed E-state index contributed by atoms with van der Waals surface area (Å²) < 4.78 is 5.98. The van der Waals surface area contributed by atoms with Gasteiger partial charge in [0, 0.05) is 44.6 Å². The summed E-state index contributed by atoms with van der Waals surface area (Å²) in [6.45, 7) is 4.35. The monoisotopic (exact) mass is 260 g/mol. The van der Waals surface area contributed by atoms with Gasteiger partial charge in [0.15, 0.2) is 0 Å². The van der Waals surface area contributed by atoms with Gasteiger partial charge in [0.2, 0.25) is 5.88 Å². The Kier molecular flexibility index (Phi) is 2.89. The maximum Gasteiger partial charge on any atom is 0.232 e. The van der Waals surface area contributed by atoms with Crippen LogP contribution in [0.15, 0.2) is 12.4 Å². The highest BCUT2D eigenvalue weighted by Crippen LogP contribution is 2.38. The number of nitrogens with zero attached hydrogens (tertiary/aromatic N) is 3. The molecule has 1 aromatic heterocycles. The van der Waals surface area contributed by atoms with E-state index in [-0.39, 0.29) is 6.10 Å². The van der Waals surface area contributed by atoms with E-state index in [9.17, 15) is 0 Å². The summed E-state index contributed by atoms with van der Waals surface area (Å²) in [7, 11) is 0. The smallest absolute Gasteiger partial charge is 0.232 e. The average molecular weight is 260 g/mol. The van der Waals surface area contributed by atoms with Crippen molar-refractivity contribution < 1.29 is 4.74 Å². The number of hydrogen-bond donors (Lipinski definition) is 1. The minimum atomic E-state index is 0.269. The van der Waals surface area contributed by atoms with Crippen molar-refractivity contribution in [1.82, 2.24) is 20.2 Å². The van der Waals surface area contributed by atoms with E-state index in [4.69, 9.17) is 4.74 Å². The zero-order chi connectivity index (χ0) is 12.7. The summed E-state index contributed by atoms with van der Waals surface area (Å²) in [5.74, 6) is 1.34. The van der Waals surface area contributed by atoms with Crippen LogP contribution in [0.4, 0.5) is 0 Å². The van der Waals surface area contributed by atoms with Crippen LogP contribution >= 0.6 is 0 Å². The Balaban J connectivity index is 1.38. The number of aromatic nitrogens is 2. The van der Waals surface area contributed by atoms with Crippen molar-refractivity contribution in [2.24, 2.45) is 0 Å². The lowest BCUT2D eigenvalue weighted by Gasteiger charge is -2.29. The Morgan fingerprint density at radius 3 is 2.95 bits per heavy atom. The van der Waals surface area contributed by atoms with Gasteiger partial charge >= 0.3 is 0 Å². The fourth-order valence-electron chi connectivity index (χ4n) is 3.15. The number of ether oxygens (including phenoxy) is 1. The topological polar surface area (TPSA) is 50.3 Å². The number of fused-ring (bicyclic) bond motifs is 1. The highest BCUT2D eigenvalue weighted by atomic mass is 16.5. The van der Waals surface area contributed by atoms with Gasteiger partial charge in [-0.15, -0.1) is 0 Å². The summed E-state index contributed by atoms with van der Waals surface area (Å²) >= 11 is 0. The Bertz CT molecular complexity index is 431. The molecule has 5 nitrogen and oxygen atoms in total. The van der Waals surface area contributed by atoms with Crippen LogP contribution in [0.1, 0.15) is 30.9 Å².